The molecule has 2 aromatic rings. The van der Waals surface area contributed by atoms with E-state index < -0.39 is 0 Å². The number of halogens is 1. The van der Waals surface area contributed by atoms with Crippen LogP contribution in [0.3, 0.4) is 0 Å². The molecule has 0 saturated carbocycles. The van der Waals surface area contributed by atoms with E-state index in [0.717, 1.165) is 11.1 Å². The van der Waals surface area contributed by atoms with E-state index >= 15 is 0 Å². The van der Waals surface area contributed by atoms with Crippen molar-refractivity contribution in [1.29, 1.82) is 0 Å². The molecule has 0 fully saturated rings. The minimum atomic E-state index is -0.317. The van der Waals surface area contributed by atoms with E-state index in [9.17, 15) is 4.39 Å². The normalized spacial score (nSPS) is 10.6. The molecular formula is C10H9FN2. The predicted octanol–water partition coefficient (Wildman–Crippen LogP) is 2.26. The molecule has 2 nitrogen and oxygen atoms in total. The van der Waals surface area contributed by atoms with Crippen molar-refractivity contribution in [2.75, 3.05) is 5.73 Å². The zero-order valence-electron chi connectivity index (χ0n) is 7.21. The second-order valence-electron chi connectivity index (χ2n) is 2.99. The Hall–Kier alpha value is -1.64. The maximum absolute atomic E-state index is 13.3. The topological polar surface area (TPSA) is 38.9 Å². The lowest BCUT2D eigenvalue weighted by Crippen LogP contribution is -1.95. The zero-order chi connectivity index (χ0) is 9.42. The molecule has 0 aliphatic rings. The van der Waals surface area contributed by atoms with E-state index in [-0.39, 0.29) is 11.6 Å². The summed E-state index contributed by atoms with van der Waals surface area (Å²) >= 11 is 0. The smallest absolute Gasteiger partial charge is 0.134 e. The number of hydrogen-bond donors (Lipinski definition) is 1. The number of pyridine rings is 1. The van der Waals surface area contributed by atoms with Crippen molar-refractivity contribution in [3.05, 3.63) is 35.8 Å². The van der Waals surface area contributed by atoms with E-state index in [1.165, 1.54) is 6.07 Å². The molecule has 0 aliphatic carbocycles. The van der Waals surface area contributed by atoms with E-state index in [0.29, 0.717) is 5.39 Å². The molecule has 1 heterocycles. The van der Waals surface area contributed by atoms with Gasteiger partial charge in [0.2, 0.25) is 0 Å². The number of anilines is 1. The van der Waals surface area contributed by atoms with Gasteiger partial charge in [0.25, 0.3) is 0 Å². The van der Waals surface area contributed by atoms with Crippen LogP contribution >= 0.6 is 0 Å². The Morgan fingerprint density at radius 3 is 2.92 bits per heavy atom. The first-order valence-corrected chi connectivity index (χ1v) is 4.00. The Labute approximate surface area is 75.2 Å². The molecule has 2 N–H and O–H groups in total. The van der Waals surface area contributed by atoms with Gasteiger partial charge in [-0.3, -0.25) is 0 Å². The van der Waals surface area contributed by atoms with Crippen LogP contribution in [-0.4, -0.2) is 4.98 Å². The van der Waals surface area contributed by atoms with Crippen LogP contribution in [0.1, 0.15) is 5.69 Å². The van der Waals surface area contributed by atoms with Gasteiger partial charge < -0.3 is 5.73 Å². The molecule has 0 aliphatic heterocycles. The van der Waals surface area contributed by atoms with E-state index in [1.807, 2.05) is 19.1 Å². The highest BCUT2D eigenvalue weighted by Crippen LogP contribution is 2.22. The van der Waals surface area contributed by atoms with E-state index in [2.05, 4.69) is 4.98 Å². The molecule has 0 radical (unpaired) electrons. The lowest BCUT2D eigenvalue weighted by atomic mass is 10.1. The Bertz CT molecular complexity index is 466. The number of fused-ring (bicyclic) bond motifs is 1. The number of aromatic nitrogens is 1. The number of rotatable bonds is 0. The quantitative estimate of drug-likeness (QED) is 0.668. The second kappa shape index (κ2) is 2.69. The molecule has 13 heavy (non-hydrogen) atoms. The first-order chi connectivity index (χ1) is 6.18. The van der Waals surface area contributed by atoms with Crippen molar-refractivity contribution in [3.63, 3.8) is 0 Å². The van der Waals surface area contributed by atoms with Gasteiger partial charge >= 0.3 is 0 Å². The van der Waals surface area contributed by atoms with Crippen LogP contribution in [0, 0.1) is 12.7 Å². The predicted molar refractivity (Wildman–Crippen MR) is 50.9 cm³/mol. The fraction of sp³-hybridized carbons (Fsp3) is 0.100. The van der Waals surface area contributed by atoms with E-state index in [1.54, 1.807) is 6.07 Å². The molecule has 0 unspecified atom stereocenters. The molecule has 3 heteroatoms. The van der Waals surface area contributed by atoms with Crippen LogP contribution in [0.5, 0.6) is 0 Å². The summed E-state index contributed by atoms with van der Waals surface area (Å²) in [7, 11) is 0. The Morgan fingerprint density at radius 1 is 1.38 bits per heavy atom. The van der Waals surface area contributed by atoms with Gasteiger partial charge in [0, 0.05) is 5.69 Å². The zero-order valence-corrected chi connectivity index (χ0v) is 7.21. The summed E-state index contributed by atoms with van der Waals surface area (Å²) in [5.74, 6) is -0.0596. The van der Waals surface area contributed by atoms with Gasteiger partial charge in [-0.1, -0.05) is 12.1 Å². The number of nitrogen functional groups attached to an aromatic ring is 1. The van der Waals surface area contributed by atoms with Crippen LogP contribution in [0.2, 0.25) is 0 Å². The van der Waals surface area contributed by atoms with Crippen LogP contribution in [-0.2, 0) is 0 Å². The molecule has 1 aromatic carbocycles. The van der Waals surface area contributed by atoms with Gasteiger partial charge in [0.05, 0.1) is 5.39 Å². The highest BCUT2D eigenvalue weighted by molar-refractivity contribution is 5.91. The standard InChI is InChI=1S/C10H9FN2/c1-6-5-7-3-2-4-8(11)9(7)10(12)13-6/h2-5H,1H3,(H2,12,13). The third-order valence-electron chi connectivity index (χ3n) is 1.96. The van der Waals surface area contributed by atoms with Crippen LogP contribution in [0.15, 0.2) is 24.3 Å². The highest BCUT2D eigenvalue weighted by Gasteiger charge is 2.05. The lowest BCUT2D eigenvalue weighted by molar-refractivity contribution is 0.640. The fourth-order valence-electron chi connectivity index (χ4n) is 1.43. The van der Waals surface area contributed by atoms with Crippen molar-refractivity contribution in [2.24, 2.45) is 0 Å². The van der Waals surface area contributed by atoms with Gasteiger partial charge in [0.15, 0.2) is 0 Å². The molecule has 1 aromatic heterocycles. The fourth-order valence-corrected chi connectivity index (χ4v) is 1.43. The summed E-state index contributed by atoms with van der Waals surface area (Å²) in [6, 6.07) is 6.68. The average Bonchev–Trinajstić information content (AvgIpc) is 2.02. The molecule has 0 spiro atoms. The Kier molecular flexibility index (Phi) is 1.65. The summed E-state index contributed by atoms with van der Waals surface area (Å²) in [6.07, 6.45) is 0. The van der Waals surface area contributed by atoms with Crippen LogP contribution < -0.4 is 5.73 Å². The van der Waals surface area contributed by atoms with Gasteiger partial charge in [0.1, 0.15) is 11.6 Å². The minimum absolute atomic E-state index is 0.258. The summed E-state index contributed by atoms with van der Waals surface area (Å²) in [6.45, 7) is 1.83. The Morgan fingerprint density at radius 2 is 2.15 bits per heavy atom. The highest BCUT2D eigenvalue weighted by atomic mass is 19.1. The summed E-state index contributed by atoms with van der Waals surface area (Å²) in [5, 5.41) is 1.21. The molecular weight excluding hydrogens is 167 g/mol. The van der Waals surface area contributed by atoms with Crippen LogP contribution in [0.25, 0.3) is 10.8 Å². The SMILES string of the molecule is Cc1cc2cccc(F)c2c(N)n1. The summed E-state index contributed by atoms with van der Waals surface area (Å²) in [4.78, 5) is 4.00. The van der Waals surface area contributed by atoms with Crippen molar-refractivity contribution in [3.8, 4) is 0 Å². The first-order valence-electron chi connectivity index (χ1n) is 4.00. The summed E-state index contributed by atoms with van der Waals surface area (Å²) in [5.41, 5.74) is 6.41. The van der Waals surface area contributed by atoms with Crippen molar-refractivity contribution in [2.45, 2.75) is 6.92 Å². The lowest BCUT2D eigenvalue weighted by Gasteiger charge is -2.03. The van der Waals surface area contributed by atoms with Gasteiger partial charge in [-0.05, 0) is 24.4 Å². The Balaban J connectivity index is 2.94. The second-order valence-corrected chi connectivity index (χ2v) is 2.99. The molecule has 0 amide bonds. The molecule has 0 bridgehead atoms. The number of nitrogens with two attached hydrogens (primary N) is 1. The van der Waals surface area contributed by atoms with Gasteiger partial charge in [-0.15, -0.1) is 0 Å². The van der Waals surface area contributed by atoms with Crippen LogP contribution in [0.4, 0.5) is 10.2 Å². The molecule has 66 valence electrons. The number of nitrogens with zero attached hydrogens (tertiary/aromatic N) is 1. The number of hydrogen-bond acceptors (Lipinski definition) is 2. The van der Waals surface area contributed by atoms with Crippen molar-refractivity contribution >= 4 is 16.6 Å². The number of aryl methyl sites for hydroxylation is 1. The van der Waals surface area contributed by atoms with Crippen molar-refractivity contribution in [1.82, 2.24) is 4.98 Å². The number of benzene rings is 1. The van der Waals surface area contributed by atoms with Crippen molar-refractivity contribution < 1.29 is 4.39 Å². The van der Waals surface area contributed by atoms with Gasteiger partial charge in [-0.2, -0.15) is 0 Å². The maximum atomic E-state index is 13.3. The first kappa shape index (κ1) is 7.98. The molecule has 2 rings (SSSR count). The summed E-state index contributed by atoms with van der Waals surface area (Å²) < 4.78 is 13.3. The third-order valence-corrected chi connectivity index (χ3v) is 1.96. The maximum Gasteiger partial charge on any atom is 0.134 e. The largest absolute Gasteiger partial charge is 0.383 e. The van der Waals surface area contributed by atoms with Gasteiger partial charge in [-0.25, -0.2) is 9.37 Å². The minimum Gasteiger partial charge on any atom is -0.383 e. The molecule has 0 atom stereocenters. The van der Waals surface area contributed by atoms with E-state index in [4.69, 9.17) is 5.73 Å². The monoisotopic (exact) mass is 176 g/mol. The molecule has 0 saturated heterocycles. The third kappa shape index (κ3) is 1.22. The average molecular weight is 176 g/mol.